The van der Waals surface area contributed by atoms with Crippen LogP contribution in [0.15, 0.2) is 0 Å². The predicted molar refractivity (Wildman–Crippen MR) is 69.1 cm³/mol. The Balaban J connectivity index is 2.28. The summed E-state index contributed by atoms with van der Waals surface area (Å²) in [7, 11) is 0. The molecule has 16 heavy (non-hydrogen) atoms. The van der Waals surface area contributed by atoms with Gasteiger partial charge in [-0.2, -0.15) is 11.8 Å². The van der Waals surface area contributed by atoms with E-state index >= 15 is 0 Å². The molecule has 0 unspecified atom stereocenters. The summed E-state index contributed by atoms with van der Waals surface area (Å²) in [5, 5.41) is 8.90. The second-order valence-corrected chi connectivity index (χ2v) is 5.49. The number of carbonyl (C=O) groups is 1. The van der Waals surface area contributed by atoms with Crippen LogP contribution in [0, 0.1) is 0 Å². The minimum absolute atomic E-state index is 0.226. The third-order valence-electron chi connectivity index (χ3n) is 3.22. The van der Waals surface area contributed by atoms with Crippen molar-refractivity contribution < 1.29 is 9.90 Å². The van der Waals surface area contributed by atoms with Gasteiger partial charge in [0.15, 0.2) is 0 Å². The number of carboxylic acid groups (broad SMARTS) is 1. The molecule has 0 aromatic rings. The van der Waals surface area contributed by atoms with Crippen molar-refractivity contribution >= 4 is 17.7 Å². The highest BCUT2D eigenvalue weighted by atomic mass is 32.2. The van der Waals surface area contributed by atoms with Gasteiger partial charge in [0.2, 0.25) is 0 Å². The molecule has 1 aliphatic carbocycles. The smallest absolute Gasteiger partial charge is 0.317 e. The fourth-order valence-corrected chi connectivity index (χ4v) is 2.89. The van der Waals surface area contributed by atoms with Gasteiger partial charge in [0.05, 0.1) is 6.54 Å². The Morgan fingerprint density at radius 2 is 2.06 bits per heavy atom. The summed E-state index contributed by atoms with van der Waals surface area (Å²) < 4.78 is 0. The Hall–Kier alpha value is -0.220. The molecule has 94 valence electrons. The van der Waals surface area contributed by atoms with E-state index in [1.807, 2.05) is 11.8 Å². The van der Waals surface area contributed by atoms with Crippen LogP contribution in [0.5, 0.6) is 0 Å². The summed E-state index contributed by atoms with van der Waals surface area (Å²) in [5.74, 6) is 0.503. The normalized spacial score (nSPS) is 17.1. The number of hydrogen-bond donors (Lipinski definition) is 1. The van der Waals surface area contributed by atoms with Gasteiger partial charge >= 0.3 is 5.97 Å². The first-order valence-electron chi connectivity index (χ1n) is 6.19. The van der Waals surface area contributed by atoms with Gasteiger partial charge in [-0.3, -0.25) is 9.69 Å². The molecule has 0 saturated heterocycles. The zero-order valence-corrected chi connectivity index (χ0v) is 11.0. The monoisotopic (exact) mass is 245 g/mol. The van der Waals surface area contributed by atoms with Crippen LogP contribution in [-0.4, -0.2) is 47.1 Å². The Morgan fingerprint density at radius 3 is 2.62 bits per heavy atom. The quantitative estimate of drug-likeness (QED) is 0.667. The van der Waals surface area contributed by atoms with Gasteiger partial charge in [-0.1, -0.05) is 12.8 Å². The van der Waals surface area contributed by atoms with Crippen LogP contribution in [0.2, 0.25) is 0 Å². The van der Waals surface area contributed by atoms with Crippen molar-refractivity contribution in [3.05, 3.63) is 0 Å². The van der Waals surface area contributed by atoms with Crippen LogP contribution >= 0.6 is 11.8 Å². The summed E-state index contributed by atoms with van der Waals surface area (Å²) in [5.41, 5.74) is 0. The number of hydrogen-bond acceptors (Lipinski definition) is 3. The first-order chi connectivity index (χ1) is 7.74. The summed E-state index contributed by atoms with van der Waals surface area (Å²) in [6, 6.07) is 0.533. The molecule has 1 saturated carbocycles. The van der Waals surface area contributed by atoms with E-state index in [9.17, 15) is 4.79 Å². The number of thioether (sulfide) groups is 1. The van der Waals surface area contributed by atoms with Crippen molar-refractivity contribution in [1.82, 2.24) is 4.90 Å². The molecule has 1 rings (SSSR count). The molecule has 0 aromatic heterocycles. The molecule has 0 atom stereocenters. The Bertz CT molecular complexity index is 205. The summed E-state index contributed by atoms with van der Waals surface area (Å²) in [6.45, 7) is 1.18. The Morgan fingerprint density at radius 1 is 1.38 bits per heavy atom. The van der Waals surface area contributed by atoms with Crippen LogP contribution in [0.1, 0.15) is 38.5 Å². The zero-order valence-electron chi connectivity index (χ0n) is 10.2. The van der Waals surface area contributed by atoms with Crippen molar-refractivity contribution in [3.8, 4) is 0 Å². The third-order valence-corrected chi connectivity index (χ3v) is 3.92. The van der Waals surface area contributed by atoms with Gasteiger partial charge in [-0.25, -0.2) is 0 Å². The SMILES string of the molecule is CSCCCCN(CC(=O)O)C1CCCC1. The molecule has 4 heteroatoms. The molecular formula is C12H23NO2S. The maximum atomic E-state index is 10.8. The molecule has 3 nitrogen and oxygen atoms in total. The standard InChI is InChI=1S/C12H23NO2S/c1-16-9-5-4-8-13(10-12(14)15)11-6-2-3-7-11/h11H,2-10H2,1H3,(H,14,15). The van der Waals surface area contributed by atoms with Crippen LogP contribution < -0.4 is 0 Å². The van der Waals surface area contributed by atoms with Crippen LogP contribution in [0.3, 0.4) is 0 Å². The van der Waals surface area contributed by atoms with E-state index in [1.54, 1.807) is 0 Å². The lowest BCUT2D eigenvalue weighted by Crippen LogP contribution is -2.38. The van der Waals surface area contributed by atoms with Crippen molar-refractivity contribution in [3.63, 3.8) is 0 Å². The molecule has 0 bridgehead atoms. The van der Waals surface area contributed by atoms with Crippen molar-refractivity contribution in [1.29, 1.82) is 0 Å². The summed E-state index contributed by atoms with van der Waals surface area (Å²) >= 11 is 1.86. The minimum Gasteiger partial charge on any atom is -0.480 e. The third kappa shape index (κ3) is 5.21. The molecule has 0 aliphatic heterocycles. The fraction of sp³-hybridized carbons (Fsp3) is 0.917. The molecule has 1 aliphatic rings. The average molecular weight is 245 g/mol. The highest BCUT2D eigenvalue weighted by Gasteiger charge is 2.23. The molecule has 1 fully saturated rings. The maximum Gasteiger partial charge on any atom is 0.317 e. The van der Waals surface area contributed by atoms with Crippen LogP contribution in [-0.2, 0) is 4.79 Å². The molecule has 1 N–H and O–H groups in total. The lowest BCUT2D eigenvalue weighted by molar-refractivity contribution is -0.138. The van der Waals surface area contributed by atoms with Gasteiger partial charge in [-0.15, -0.1) is 0 Å². The van der Waals surface area contributed by atoms with E-state index < -0.39 is 5.97 Å². The topological polar surface area (TPSA) is 40.5 Å². The fourth-order valence-electron chi connectivity index (χ4n) is 2.40. The first kappa shape index (κ1) is 13.8. The lowest BCUT2D eigenvalue weighted by atomic mass is 10.2. The van der Waals surface area contributed by atoms with E-state index in [2.05, 4.69) is 11.2 Å². The van der Waals surface area contributed by atoms with E-state index in [-0.39, 0.29) is 6.54 Å². The second-order valence-electron chi connectivity index (χ2n) is 4.50. The largest absolute Gasteiger partial charge is 0.480 e. The Kier molecular flexibility index (Phi) is 6.88. The molecule has 0 aromatic carbocycles. The number of unbranched alkanes of at least 4 members (excludes halogenated alkanes) is 1. The van der Waals surface area contributed by atoms with E-state index in [4.69, 9.17) is 5.11 Å². The number of aliphatic carboxylic acids is 1. The highest BCUT2D eigenvalue weighted by molar-refractivity contribution is 7.98. The van der Waals surface area contributed by atoms with Crippen molar-refractivity contribution in [2.75, 3.05) is 25.1 Å². The number of rotatable bonds is 8. The van der Waals surface area contributed by atoms with Crippen molar-refractivity contribution in [2.45, 2.75) is 44.6 Å². The molecular weight excluding hydrogens is 222 g/mol. The van der Waals surface area contributed by atoms with Crippen LogP contribution in [0.4, 0.5) is 0 Å². The number of carboxylic acids is 1. The highest BCUT2D eigenvalue weighted by Crippen LogP contribution is 2.23. The molecule has 0 amide bonds. The summed E-state index contributed by atoms with van der Waals surface area (Å²) in [4.78, 5) is 13.0. The van der Waals surface area contributed by atoms with Gasteiger partial charge in [0, 0.05) is 6.04 Å². The van der Waals surface area contributed by atoms with Gasteiger partial charge in [0.25, 0.3) is 0 Å². The van der Waals surface area contributed by atoms with Gasteiger partial charge < -0.3 is 5.11 Å². The van der Waals surface area contributed by atoms with E-state index in [0.29, 0.717) is 6.04 Å². The molecule has 0 heterocycles. The Labute approximate surface area is 103 Å². The van der Waals surface area contributed by atoms with E-state index in [0.717, 1.165) is 13.0 Å². The van der Waals surface area contributed by atoms with Gasteiger partial charge in [0.1, 0.15) is 0 Å². The zero-order chi connectivity index (χ0) is 11.8. The summed E-state index contributed by atoms with van der Waals surface area (Å²) in [6.07, 6.45) is 9.36. The van der Waals surface area contributed by atoms with Gasteiger partial charge in [-0.05, 0) is 44.2 Å². The predicted octanol–water partition coefficient (Wildman–Crippen LogP) is 2.46. The second kappa shape index (κ2) is 7.96. The molecule has 0 radical (unpaired) electrons. The van der Waals surface area contributed by atoms with Crippen LogP contribution in [0.25, 0.3) is 0 Å². The molecule has 0 spiro atoms. The minimum atomic E-state index is -0.684. The van der Waals surface area contributed by atoms with E-state index in [1.165, 1.54) is 37.9 Å². The number of nitrogens with zero attached hydrogens (tertiary/aromatic N) is 1. The maximum absolute atomic E-state index is 10.8. The lowest BCUT2D eigenvalue weighted by Gasteiger charge is -2.26. The average Bonchev–Trinajstić information content (AvgIpc) is 2.75. The van der Waals surface area contributed by atoms with Crippen molar-refractivity contribution in [2.24, 2.45) is 0 Å². The first-order valence-corrected chi connectivity index (χ1v) is 7.58.